The first-order chi connectivity index (χ1) is 15.4. The first-order valence-electron chi connectivity index (χ1n) is 10.4. The number of rotatable bonds is 12. The number of hydrogen-bond acceptors (Lipinski definition) is 7. The van der Waals surface area contributed by atoms with Crippen molar-refractivity contribution >= 4 is 17.7 Å². The Morgan fingerprint density at radius 1 is 0.938 bits per heavy atom. The van der Waals surface area contributed by atoms with Crippen LogP contribution in [0.2, 0.25) is 0 Å². The SMILES string of the molecule is CCOc1ccc(C(=O)c2ccccc2C(=O)OCC(=O)NC(C)COC)cc1OCC. The highest BCUT2D eigenvalue weighted by Gasteiger charge is 2.21. The van der Waals surface area contributed by atoms with Gasteiger partial charge in [0, 0.05) is 24.3 Å². The van der Waals surface area contributed by atoms with Crippen LogP contribution in [-0.2, 0) is 14.3 Å². The van der Waals surface area contributed by atoms with Crippen LogP contribution in [0.4, 0.5) is 0 Å². The number of esters is 1. The van der Waals surface area contributed by atoms with Gasteiger partial charge in [-0.05, 0) is 45.0 Å². The second-order valence-electron chi connectivity index (χ2n) is 6.90. The van der Waals surface area contributed by atoms with Crippen LogP contribution in [0, 0.1) is 0 Å². The quantitative estimate of drug-likeness (QED) is 0.398. The van der Waals surface area contributed by atoms with Gasteiger partial charge in [0.05, 0.1) is 25.4 Å². The van der Waals surface area contributed by atoms with Crippen molar-refractivity contribution < 1.29 is 33.3 Å². The van der Waals surface area contributed by atoms with Crippen LogP contribution < -0.4 is 14.8 Å². The molecule has 2 aromatic rings. The van der Waals surface area contributed by atoms with Crippen LogP contribution in [0.1, 0.15) is 47.1 Å². The molecule has 32 heavy (non-hydrogen) atoms. The van der Waals surface area contributed by atoms with Crippen molar-refractivity contribution in [3.8, 4) is 11.5 Å². The molecule has 0 aromatic heterocycles. The van der Waals surface area contributed by atoms with E-state index in [1.54, 1.807) is 37.3 Å². The van der Waals surface area contributed by atoms with Crippen LogP contribution >= 0.6 is 0 Å². The molecule has 0 aliphatic carbocycles. The van der Waals surface area contributed by atoms with Gasteiger partial charge in [-0.1, -0.05) is 18.2 Å². The third-order valence-electron chi connectivity index (χ3n) is 4.36. The van der Waals surface area contributed by atoms with Gasteiger partial charge in [-0.3, -0.25) is 9.59 Å². The molecule has 2 aromatic carbocycles. The molecule has 0 aliphatic rings. The first kappa shape index (κ1) is 24.9. The molecule has 8 nitrogen and oxygen atoms in total. The van der Waals surface area contributed by atoms with Crippen molar-refractivity contribution in [3.05, 3.63) is 59.2 Å². The molecule has 0 bridgehead atoms. The van der Waals surface area contributed by atoms with E-state index in [1.165, 1.54) is 19.2 Å². The predicted molar refractivity (Wildman–Crippen MR) is 118 cm³/mol. The zero-order chi connectivity index (χ0) is 23.5. The van der Waals surface area contributed by atoms with Crippen molar-refractivity contribution in [1.29, 1.82) is 0 Å². The van der Waals surface area contributed by atoms with Crippen LogP contribution in [0.3, 0.4) is 0 Å². The normalized spacial score (nSPS) is 11.4. The maximum atomic E-state index is 13.2. The minimum atomic E-state index is -0.764. The molecule has 0 spiro atoms. The summed E-state index contributed by atoms with van der Waals surface area (Å²) in [4.78, 5) is 37.7. The van der Waals surface area contributed by atoms with Gasteiger partial charge in [0.25, 0.3) is 5.91 Å². The summed E-state index contributed by atoms with van der Waals surface area (Å²) in [6.07, 6.45) is 0. The standard InChI is InChI=1S/C24H29NO7/c1-5-30-20-12-11-17(13-21(20)31-6-2)23(27)18-9-7-8-10-19(18)24(28)32-15-22(26)25-16(3)14-29-4/h7-13,16H,5-6,14-15H2,1-4H3,(H,25,26). The Labute approximate surface area is 187 Å². The van der Waals surface area contributed by atoms with Gasteiger partial charge in [-0.15, -0.1) is 0 Å². The number of carbonyl (C=O) groups excluding carboxylic acids is 3. The Morgan fingerprint density at radius 3 is 2.25 bits per heavy atom. The molecule has 1 atom stereocenters. The van der Waals surface area contributed by atoms with E-state index in [0.717, 1.165) is 0 Å². The molecule has 172 valence electrons. The molecule has 2 rings (SSSR count). The van der Waals surface area contributed by atoms with E-state index >= 15 is 0 Å². The monoisotopic (exact) mass is 443 g/mol. The van der Waals surface area contributed by atoms with Gasteiger partial charge in [0.1, 0.15) is 0 Å². The smallest absolute Gasteiger partial charge is 0.339 e. The molecular weight excluding hydrogens is 414 g/mol. The zero-order valence-electron chi connectivity index (χ0n) is 18.8. The first-order valence-corrected chi connectivity index (χ1v) is 10.4. The van der Waals surface area contributed by atoms with E-state index in [9.17, 15) is 14.4 Å². The molecule has 1 unspecified atom stereocenters. The maximum Gasteiger partial charge on any atom is 0.339 e. The van der Waals surface area contributed by atoms with Gasteiger partial charge in [0.15, 0.2) is 23.9 Å². The molecule has 0 fully saturated rings. The largest absolute Gasteiger partial charge is 0.490 e. The second-order valence-corrected chi connectivity index (χ2v) is 6.90. The Bertz CT molecular complexity index is 942. The van der Waals surface area contributed by atoms with E-state index in [2.05, 4.69) is 5.32 Å². The molecule has 0 saturated carbocycles. The van der Waals surface area contributed by atoms with Crippen molar-refractivity contribution in [1.82, 2.24) is 5.32 Å². The zero-order valence-corrected chi connectivity index (χ0v) is 18.8. The summed E-state index contributed by atoms with van der Waals surface area (Å²) < 4.78 is 21.2. The van der Waals surface area contributed by atoms with Crippen molar-refractivity contribution in [2.24, 2.45) is 0 Å². The summed E-state index contributed by atoms with van der Waals surface area (Å²) in [6, 6.07) is 10.9. The number of methoxy groups -OCH3 is 1. The lowest BCUT2D eigenvalue weighted by Gasteiger charge is -2.14. The van der Waals surface area contributed by atoms with Crippen LogP contribution in [-0.4, -0.2) is 57.2 Å². The van der Waals surface area contributed by atoms with Crippen molar-refractivity contribution in [2.45, 2.75) is 26.8 Å². The summed E-state index contributed by atoms with van der Waals surface area (Å²) >= 11 is 0. The highest BCUT2D eigenvalue weighted by atomic mass is 16.5. The Balaban J connectivity index is 2.18. The van der Waals surface area contributed by atoms with E-state index in [-0.39, 0.29) is 23.0 Å². The number of ether oxygens (including phenoxy) is 4. The van der Waals surface area contributed by atoms with Crippen LogP contribution in [0.25, 0.3) is 0 Å². The Kier molecular flexibility index (Phi) is 9.69. The molecule has 1 N–H and O–H groups in total. The molecular formula is C24H29NO7. The number of ketones is 1. The second kappa shape index (κ2) is 12.5. The van der Waals surface area contributed by atoms with E-state index < -0.39 is 18.5 Å². The third-order valence-corrected chi connectivity index (χ3v) is 4.36. The van der Waals surface area contributed by atoms with Gasteiger partial charge in [-0.2, -0.15) is 0 Å². The Hall–Kier alpha value is -3.39. The van der Waals surface area contributed by atoms with E-state index in [1.807, 2.05) is 13.8 Å². The third kappa shape index (κ3) is 6.81. The number of carbonyl (C=O) groups is 3. The molecule has 0 heterocycles. The van der Waals surface area contributed by atoms with E-state index in [4.69, 9.17) is 18.9 Å². The fraction of sp³-hybridized carbons (Fsp3) is 0.375. The lowest BCUT2D eigenvalue weighted by Crippen LogP contribution is -2.38. The molecule has 0 saturated heterocycles. The topological polar surface area (TPSA) is 100 Å². The summed E-state index contributed by atoms with van der Waals surface area (Å²) in [5.74, 6) is -0.617. The average molecular weight is 443 g/mol. The number of amides is 1. The predicted octanol–water partition coefficient (Wildman–Crippen LogP) is 3.02. The average Bonchev–Trinajstić information content (AvgIpc) is 2.78. The minimum Gasteiger partial charge on any atom is -0.490 e. The van der Waals surface area contributed by atoms with Crippen molar-refractivity contribution in [2.75, 3.05) is 33.5 Å². The van der Waals surface area contributed by atoms with E-state index in [0.29, 0.717) is 36.9 Å². The maximum absolute atomic E-state index is 13.2. The molecule has 0 aliphatic heterocycles. The highest BCUT2D eigenvalue weighted by Crippen LogP contribution is 2.30. The summed E-state index contributed by atoms with van der Waals surface area (Å²) in [5, 5.41) is 2.65. The van der Waals surface area contributed by atoms with Gasteiger partial charge in [0.2, 0.25) is 0 Å². The summed E-state index contributed by atoms with van der Waals surface area (Å²) in [5.41, 5.74) is 0.572. The molecule has 0 radical (unpaired) electrons. The highest BCUT2D eigenvalue weighted by molar-refractivity contribution is 6.14. The summed E-state index contributed by atoms with van der Waals surface area (Å²) in [6.45, 7) is 6.20. The van der Waals surface area contributed by atoms with Gasteiger partial charge < -0.3 is 24.3 Å². The van der Waals surface area contributed by atoms with Gasteiger partial charge >= 0.3 is 5.97 Å². The molecule has 8 heteroatoms. The molecule has 1 amide bonds. The van der Waals surface area contributed by atoms with Crippen LogP contribution in [0.5, 0.6) is 11.5 Å². The number of benzene rings is 2. The number of hydrogen-bond donors (Lipinski definition) is 1. The summed E-state index contributed by atoms with van der Waals surface area (Å²) in [7, 11) is 1.53. The fourth-order valence-corrected chi connectivity index (χ4v) is 3.02. The van der Waals surface area contributed by atoms with Crippen LogP contribution in [0.15, 0.2) is 42.5 Å². The lowest BCUT2D eigenvalue weighted by molar-refractivity contribution is -0.125. The van der Waals surface area contributed by atoms with Crippen molar-refractivity contribution in [3.63, 3.8) is 0 Å². The fourth-order valence-electron chi connectivity index (χ4n) is 3.02. The number of nitrogens with one attached hydrogen (secondary N) is 1. The van der Waals surface area contributed by atoms with Gasteiger partial charge in [-0.25, -0.2) is 4.79 Å². The lowest BCUT2D eigenvalue weighted by atomic mass is 9.98. The minimum absolute atomic E-state index is 0.0714. The Morgan fingerprint density at radius 2 is 1.59 bits per heavy atom.